The normalized spacial score (nSPS) is 19.2. The summed E-state index contributed by atoms with van der Waals surface area (Å²) in [5.74, 6) is 0. The van der Waals surface area contributed by atoms with E-state index in [4.69, 9.17) is 4.74 Å². The highest BCUT2D eigenvalue weighted by molar-refractivity contribution is 7.15. The topological polar surface area (TPSA) is 57.6 Å². The van der Waals surface area contributed by atoms with Gasteiger partial charge in [-0.25, -0.2) is 4.98 Å². The number of aliphatic hydroxyl groups is 1. The van der Waals surface area contributed by atoms with E-state index in [0.717, 1.165) is 31.4 Å². The van der Waals surface area contributed by atoms with Crippen molar-refractivity contribution in [1.29, 1.82) is 0 Å². The van der Waals surface area contributed by atoms with Crippen molar-refractivity contribution >= 4 is 16.5 Å². The van der Waals surface area contributed by atoms with Crippen molar-refractivity contribution in [2.45, 2.75) is 13.0 Å². The van der Waals surface area contributed by atoms with E-state index in [0.29, 0.717) is 13.1 Å². The van der Waals surface area contributed by atoms with Gasteiger partial charge in [-0.1, -0.05) is 0 Å². The predicted molar refractivity (Wildman–Crippen MR) is 68.6 cm³/mol. The molecule has 1 fully saturated rings. The lowest BCUT2D eigenvalue weighted by atomic mass is 10.3. The van der Waals surface area contributed by atoms with Crippen LogP contribution in [0.25, 0.3) is 0 Å². The van der Waals surface area contributed by atoms with E-state index in [1.807, 2.05) is 13.1 Å². The summed E-state index contributed by atoms with van der Waals surface area (Å²) in [6, 6.07) is 0. The third kappa shape index (κ3) is 4.23. The highest BCUT2D eigenvalue weighted by Gasteiger charge is 2.14. The standard InChI is InChI=1S/C11H19N3O2S/c1-9-6-12-11(17-9)13-7-10(15)8-14-2-4-16-5-3-14/h6,10,15H,2-5,7-8H2,1H3,(H,12,13). The molecule has 1 atom stereocenters. The maximum absolute atomic E-state index is 9.90. The Kier molecular flexibility index (Phi) is 4.73. The smallest absolute Gasteiger partial charge is 0.182 e. The number of hydrogen-bond acceptors (Lipinski definition) is 6. The molecular weight excluding hydrogens is 238 g/mol. The molecule has 6 heteroatoms. The SMILES string of the molecule is Cc1cnc(NCC(O)CN2CCOCC2)s1. The summed E-state index contributed by atoms with van der Waals surface area (Å²) in [4.78, 5) is 7.60. The van der Waals surface area contributed by atoms with Crippen LogP contribution < -0.4 is 5.32 Å². The molecule has 1 saturated heterocycles. The number of β-amino-alcohol motifs (C(OH)–C–C–N with tert-alkyl or cyclic N) is 1. The first-order chi connectivity index (χ1) is 8.24. The van der Waals surface area contributed by atoms with Crippen LogP contribution in [-0.4, -0.2) is 60.5 Å². The van der Waals surface area contributed by atoms with Crippen LogP contribution in [0.2, 0.25) is 0 Å². The molecule has 5 nitrogen and oxygen atoms in total. The molecule has 2 heterocycles. The zero-order valence-electron chi connectivity index (χ0n) is 10.1. The molecular formula is C11H19N3O2S. The van der Waals surface area contributed by atoms with Crippen molar-refractivity contribution < 1.29 is 9.84 Å². The molecule has 0 aliphatic carbocycles. The molecule has 2 rings (SSSR count). The van der Waals surface area contributed by atoms with Crippen molar-refractivity contribution in [3.63, 3.8) is 0 Å². The van der Waals surface area contributed by atoms with Crippen molar-refractivity contribution in [2.24, 2.45) is 0 Å². The van der Waals surface area contributed by atoms with Gasteiger partial charge < -0.3 is 15.2 Å². The summed E-state index contributed by atoms with van der Waals surface area (Å²) in [5, 5.41) is 13.9. The molecule has 1 aromatic rings. The Morgan fingerprint density at radius 3 is 3.00 bits per heavy atom. The molecule has 0 aromatic carbocycles. The molecule has 0 saturated carbocycles. The zero-order chi connectivity index (χ0) is 12.1. The van der Waals surface area contributed by atoms with Gasteiger partial charge in [0.2, 0.25) is 0 Å². The van der Waals surface area contributed by atoms with Crippen LogP contribution in [0.1, 0.15) is 4.88 Å². The first-order valence-electron chi connectivity index (χ1n) is 5.88. The second-order valence-corrected chi connectivity index (χ2v) is 5.46. The van der Waals surface area contributed by atoms with Gasteiger partial charge in [-0.15, -0.1) is 11.3 Å². The molecule has 1 unspecified atom stereocenters. The minimum atomic E-state index is -0.364. The Morgan fingerprint density at radius 2 is 2.35 bits per heavy atom. The van der Waals surface area contributed by atoms with Gasteiger partial charge in [0.25, 0.3) is 0 Å². The van der Waals surface area contributed by atoms with Crippen molar-refractivity contribution in [3.05, 3.63) is 11.1 Å². The minimum absolute atomic E-state index is 0.364. The number of anilines is 1. The third-order valence-electron chi connectivity index (χ3n) is 2.68. The van der Waals surface area contributed by atoms with Crippen molar-refractivity contribution in [1.82, 2.24) is 9.88 Å². The molecule has 0 spiro atoms. The summed E-state index contributed by atoms with van der Waals surface area (Å²) in [7, 11) is 0. The summed E-state index contributed by atoms with van der Waals surface area (Å²) in [6.07, 6.45) is 1.47. The number of morpholine rings is 1. The van der Waals surface area contributed by atoms with Gasteiger partial charge in [-0.2, -0.15) is 0 Å². The molecule has 1 aliphatic heterocycles. The Hall–Kier alpha value is -0.690. The first kappa shape index (κ1) is 12.8. The van der Waals surface area contributed by atoms with Gasteiger partial charge in [-0.05, 0) is 6.92 Å². The van der Waals surface area contributed by atoms with Crippen LogP contribution in [0.4, 0.5) is 5.13 Å². The van der Waals surface area contributed by atoms with E-state index in [2.05, 4.69) is 15.2 Å². The van der Waals surface area contributed by atoms with E-state index >= 15 is 0 Å². The van der Waals surface area contributed by atoms with Crippen LogP contribution in [0.15, 0.2) is 6.20 Å². The van der Waals surface area contributed by atoms with Crippen LogP contribution in [0.3, 0.4) is 0 Å². The Morgan fingerprint density at radius 1 is 1.59 bits per heavy atom. The fourth-order valence-electron chi connectivity index (χ4n) is 1.79. The lowest BCUT2D eigenvalue weighted by Crippen LogP contribution is -2.42. The molecule has 0 amide bonds. The molecule has 0 radical (unpaired) electrons. The number of hydrogen-bond donors (Lipinski definition) is 2. The van der Waals surface area contributed by atoms with Gasteiger partial charge in [-0.3, -0.25) is 4.90 Å². The van der Waals surface area contributed by atoms with E-state index in [-0.39, 0.29) is 6.10 Å². The van der Waals surface area contributed by atoms with Gasteiger partial charge in [0.15, 0.2) is 5.13 Å². The van der Waals surface area contributed by atoms with Gasteiger partial charge in [0.1, 0.15) is 0 Å². The zero-order valence-corrected chi connectivity index (χ0v) is 10.9. The number of ether oxygens (including phenoxy) is 1. The molecule has 96 valence electrons. The lowest BCUT2D eigenvalue weighted by Gasteiger charge is -2.28. The third-order valence-corrected chi connectivity index (χ3v) is 3.55. The highest BCUT2D eigenvalue weighted by Crippen LogP contribution is 2.16. The van der Waals surface area contributed by atoms with Crippen LogP contribution >= 0.6 is 11.3 Å². The van der Waals surface area contributed by atoms with Crippen LogP contribution in [0, 0.1) is 6.92 Å². The van der Waals surface area contributed by atoms with Crippen LogP contribution in [-0.2, 0) is 4.74 Å². The van der Waals surface area contributed by atoms with Gasteiger partial charge >= 0.3 is 0 Å². The number of aliphatic hydroxyl groups excluding tert-OH is 1. The fourth-order valence-corrected chi connectivity index (χ4v) is 2.46. The Balaban J connectivity index is 1.68. The maximum atomic E-state index is 9.90. The molecule has 1 aliphatic rings. The first-order valence-corrected chi connectivity index (χ1v) is 6.70. The van der Waals surface area contributed by atoms with Gasteiger partial charge in [0, 0.05) is 37.3 Å². The quantitative estimate of drug-likeness (QED) is 0.807. The number of nitrogens with one attached hydrogen (secondary N) is 1. The van der Waals surface area contributed by atoms with E-state index < -0.39 is 0 Å². The Bertz CT molecular complexity index is 339. The van der Waals surface area contributed by atoms with E-state index in [9.17, 15) is 5.11 Å². The summed E-state index contributed by atoms with van der Waals surface area (Å²) >= 11 is 1.61. The number of aromatic nitrogens is 1. The van der Waals surface area contributed by atoms with Crippen molar-refractivity contribution in [2.75, 3.05) is 44.7 Å². The average Bonchev–Trinajstić information content (AvgIpc) is 2.74. The predicted octanol–water partition coefficient (Wildman–Crippen LogP) is 0.557. The molecule has 1 aromatic heterocycles. The maximum Gasteiger partial charge on any atom is 0.182 e. The number of thiazole rings is 1. The van der Waals surface area contributed by atoms with E-state index in [1.54, 1.807) is 11.3 Å². The highest BCUT2D eigenvalue weighted by atomic mass is 32.1. The van der Waals surface area contributed by atoms with E-state index in [1.165, 1.54) is 4.88 Å². The van der Waals surface area contributed by atoms with Crippen LogP contribution in [0.5, 0.6) is 0 Å². The van der Waals surface area contributed by atoms with Gasteiger partial charge in [0.05, 0.1) is 19.3 Å². The summed E-state index contributed by atoms with van der Waals surface area (Å²) < 4.78 is 5.27. The average molecular weight is 257 g/mol. The molecule has 2 N–H and O–H groups in total. The minimum Gasteiger partial charge on any atom is -0.390 e. The molecule has 17 heavy (non-hydrogen) atoms. The lowest BCUT2D eigenvalue weighted by molar-refractivity contribution is 0.0171. The second-order valence-electron chi connectivity index (χ2n) is 4.22. The van der Waals surface area contributed by atoms with Crippen molar-refractivity contribution in [3.8, 4) is 0 Å². The fraction of sp³-hybridized carbons (Fsp3) is 0.727. The summed E-state index contributed by atoms with van der Waals surface area (Å²) in [5.41, 5.74) is 0. The molecule has 0 bridgehead atoms. The Labute approximate surface area is 105 Å². The monoisotopic (exact) mass is 257 g/mol. The second kappa shape index (κ2) is 6.30. The number of nitrogens with zero attached hydrogens (tertiary/aromatic N) is 2. The number of aryl methyl sites for hydroxylation is 1. The number of rotatable bonds is 5. The summed E-state index contributed by atoms with van der Waals surface area (Å²) in [6.45, 7) is 6.62. The largest absolute Gasteiger partial charge is 0.390 e.